The van der Waals surface area contributed by atoms with Gasteiger partial charge in [0.2, 0.25) is 0 Å². The third-order valence-electron chi connectivity index (χ3n) is 6.30. The first kappa shape index (κ1) is 26.9. The van der Waals surface area contributed by atoms with Crippen molar-refractivity contribution in [1.29, 1.82) is 0 Å². The molecule has 0 aliphatic carbocycles. The molecule has 0 aliphatic rings. The Morgan fingerprint density at radius 1 is 0.900 bits per heavy atom. The number of aromatic amines is 1. The van der Waals surface area contributed by atoms with Crippen molar-refractivity contribution in [1.82, 2.24) is 26.0 Å². The summed E-state index contributed by atoms with van der Waals surface area (Å²) in [6, 6.07) is 20.9. The van der Waals surface area contributed by atoms with Gasteiger partial charge in [-0.15, -0.1) is 0 Å². The van der Waals surface area contributed by atoms with E-state index < -0.39 is 23.5 Å². The van der Waals surface area contributed by atoms with Gasteiger partial charge in [-0.2, -0.15) is 15.4 Å². The molecule has 1 heterocycles. The maximum absolute atomic E-state index is 13.1. The average Bonchev–Trinajstić information content (AvgIpc) is 3.40. The Morgan fingerprint density at radius 3 is 2.35 bits per heavy atom. The first-order valence-corrected chi connectivity index (χ1v) is 12.8. The number of halogens is 2. The Hall–Kier alpha value is -4.73. The van der Waals surface area contributed by atoms with Gasteiger partial charge in [0.1, 0.15) is 16.7 Å². The van der Waals surface area contributed by atoms with Gasteiger partial charge in [-0.1, -0.05) is 71.7 Å². The van der Waals surface area contributed by atoms with E-state index in [1.165, 1.54) is 18.2 Å². The quantitative estimate of drug-likeness (QED) is 0.182. The van der Waals surface area contributed by atoms with Gasteiger partial charge in [0.25, 0.3) is 11.8 Å². The molecule has 40 heavy (non-hydrogen) atoms. The lowest BCUT2D eigenvalue weighted by atomic mass is 9.99. The van der Waals surface area contributed by atoms with Crippen molar-refractivity contribution in [2.45, 2.75) is 13.0 Å². The molecule has 2 amide bonds. The van der Waals surface area contributed by atoms with Crippen LogP contribution in [0.25, 0.3) is 27.9 Å². The van der Waals surface area contributed by atoms with Crippen LogP contribution in [0.3, 0.4) is 0 Å². The molecule has 0 aliphatic heterocycles. The van der Waals surface area contributed by atoms with Gasteiger partial charge in [0.15, 0.2) is 0 Å². The zero-order valence-corrected chi connectivity index (χ0v) is 22.4. The van der Waals surface area contributed by atoms with Crippen molar-refractivity contribution in [2.24, 2.45) is 0 Å². The molecule has 0 bridgehead atoms. The largest absolute Gasteiger partial charge is 0.477 e. The van der Waals surface area contributed by atoms with Gasteiger partial charge in [0.05, 0.1) is 21.7 Å². The molecule has 5 aromatic rings. The second kappa shape index (κ2) is 11.2. The molecular weight excluding hydrogens is 553 g/mol. The van der Waals surface area contributed by atoms with E-state index in [-0.39, 0.29) is 27.2 Å². The minimum atomic E-state index is -1.38. The topological polar surface area (TPSA) is 137 Å². The summed E-state index contributed by atoms with van der Waals surface area (Å²) in [7, 11) is 0. The van der Waals surface area contributed by atoms with Crippen molar-refractivity contribution in [3.8, 4) is 0 Å². The van der Waals surface area contributed by atoms with E-state index in [1.807, 2.05) is 49.4 Å². The molecule has 0 saturated heterocycles. The van der Waals surface area contributed by atoms with Crippen LogP contribution in [-0.2, 0) is 4.79 Å². The molecule has 0 unspecified atom stereocenters. The molecular formula is C29H21Cl2N5O4. The fourth-order valence-corrected chi connectivity index (χ4v) is 5.02. The van der Waals surface area contributed by atoms with E-state index in [0.717, 1.165) is 16.3 Å². The standard InChI is InChI=1S/C29H21Cl2N5O4/c1-15(19-8-4-6-17-5-2-3-7-20(17)19)32-27(37)18-13-21(30)26(22(31)14-18)28(38)33-25(29(39)40)12-16-9-10-23-24(11-16)35-36-34-23/h2-15H,1H3,(H,32,37)(H,33,38)(H,39,40)(H,34,35,36)/b25-12-/t15-/m1/s1. The second-order valence-electron chi connectivity index (χ2n) is 8.97. The molecule has 1 aromatic heterocycles. The number of carboxylic acid groups (broad SMARTS) is 1. The summed E-state index contributed by atoms with van der Waals surface area (Å²) in [5, 5.41) is 27.2. The zero-order valence-electron chi connectivity index (χ0n) is 20.9. The molecule has 0 saturated carbocycles. The van der Waals surface area contributed by atoms with Gasteiger partial charge in [-0.25, -0.2) is 4.79 Å². The van der Waals surface area contributed by atoms with Gasteiger partial charge < -0.3 is 15.7 Å². The number of nitrogens with zero attached hydrogens (tertiary/aromatic N) is 2. The minimum Gasteiger partial charge on any atom is -0.477 e. The maximum Gasteiger partial charge on any atom is 0.352 e. The van der Waals surface area contributed by atoms with Crippen LogP contribution in [0.4, 0.5) is 0 Å². The maximum atomic E-state index is 13.1. The number of fused-ring (bicyclic) bond motifs is 2. The first-order chi connectivity index (χ1) is 19.2. The van der Waals surface area contributed by atoms with Gasteiger partial charge in [-0.05, 0) is 59.2 Å². The minimum absolute atomic E-state index is 0.110. The molecule has 1 atom stereocenters. The number of carboxylic acids is 1. The van der Waals surface area contributed by atoms with Crippen LogP contribution in [0.2, 0.25) is 10.0 Å². The molecule has 0 radical (unpaired) electrons. The summed E-state index contributed by atoms with van der Waals surface area (Å²) in [6.45, 7) is 1.87. The summed E-state index contributed by atoms with van der Waals surface area (Å²) < 4.78 is 0. The molecule has 0 spiro atoms. The van der Waals surface area contributed by atoms with E-state index in [2.05, 4.69) is 26.0 Å². The molecule has 4 N–H and O–H groups in total. The van der Waals surface area contributed by atoms with Crippen LogP contribution >= 0.6 is 23.2 Å². The molecule has 0 fully saturated rings. The Labute approximate surface area is 237 Å². The van der Waals surface area contributed by atoms with Crippen molar-refractivity contribution < 1.29 is 19.5 Å². The smallest absolute Gasteiger partial charge is 0.352 e. The summed E-state index contributed by atoms with van der Waals surface area (Å²) in [5.41, 5.74) is 2.12. The van der Waals surface area contributed by atoms with E-state index in [1.54, 1.807) is 18.2 Å². The number of carbonyl (C=O) groups is 3. The third-order valence-corrected chi connectivity index (χ3v) is 6.89. The number of aliphatic carboxylic acids is 1. The highest BCUT2D eigenvalue weighted by molar-refractivity contribution is 6.40. The first-order valence-electron chi connectivity index (χ1n) is 12.1. The van der Waals surface area contributed by atoms with Crippen molar-refractivity contribution in [2.75, 3.05) is 0 Å². The monoisotopic (exact) mass is 573 g/mol. The van der Waals surface area contributed by atoms with Gasteiger partial charge >= 0.3 is 5.97 Å². The number of aromatic nitrogens is 3. The van der Waals surface area contributed by atoms with Crippen LogP contribution in [0.15, 0.2) is 78.5 Å². The van der Waals surface area contributed by atoms with E-state index in [0.29, 0.717) is 16.6 Å². The van der Waals surface area contributed by atoms with Crippen LogP contribution in [-0.4, -0.2) is 38.3 Å². The highest BCUT2D eigenvalue weighted by Crippen LogP contribution is 2.29. The van der Waals surface area contributed by atoms with Crippen LogP contribution in [0.1, 0.15) is 44.8 Å². The van der Waals surface area contributed by atoms with Crippen molar-refractivity contribution >= 4 is 68.9 Å². The molecule has 9 nitrogen and oxygen atoms in total. The number of hydrogen-bond acceptors (Lipinski definition) is 5. The summed E-state index contributed by atoms with van der Waals surface area (Å²) in [6.07, 6.45) is 1.27. The number of benzene rings is 4. The molecule has 11 heteroatoms. The Bertz CT molecular complexity index is 1800. The number of rotatable bonds is 7. The highest BCUT2D eigenvalue weighted by Gasteiger charge is 2.22. The fraction of sp³-hybridized carbons (Fsp3) is 0.0690. The average molecular weight is 574 g/mol. The van der Waals surface area contributed by atoms with E-state index in [4.69, 9.17) is 23.2 Å². The zero-order chi connectivity index (χ0) is 28.4. The lowest BCUT2D eigenvalue weighted by Gasteiger charge is -2.17. The van der Waals surface area contributed by atoms with Crippen LogP contribution in [0, 0.1) is 0 Å². The fourth-order valence-electron chi connectivity index (χ4n) is 4.36. The van der Waals surface area contributed by atoms with Gasteiger partial charge in [0, 0.05) is 5.56 Å². The van der Waals surface area contributed by atoms with Gasteiger partial charge in [-0.3, -0.25) is 9.59 Å². The lowest BCUT2D eigenvalue weighted by Crippen LogP contribution is -2.29. The van der Waals surface area contributed by atoms with E-state index >= 15 is 0 Å². The summed E-state index contributed by atoms with van der Waals surface area (Å²) in [5.74, 6) is -2.66. The second-order valence-corrected chi connectivity index (χ2v) is 9.78. The SMILES string of the molecule is C[C@@H](NC(=O)c1cc(Cl)c(C(=O)N/C(=C\c2ccc3n[nH]nc3c2)C(=O)O)c(Cl)c1)c1cccc2ccccc12. The number of hydrogen-bond donors (Lipinski definition) is 4. The highest BCUT2D eigenvalue weighted by atomic mass is 35.5. The van der Waals surface area contributed by atoms with E-state index in [9.17, 15) is 19.5 Å². The number of H-pyrrole nitrogens is 1. The Balaban J connectivity index is 1.35. The third kappa shape index (κ3) is 5.51. The van der Waals surface area contributed by atoms with Crippen molar-refractivity contribution in [3.05, 3.63) is 111 Å². The predicted molar refractivity (Wildman–Crippen MR) is 153 cm³/mol. The Morgan fingerprint density at radius 2 is 1.60 bits per heavy atom. The lowest BCUT2D eigenvalue weighted by molar-refractivity contribution is -0.132. The normalized spacial score (nSPS) is 12.3. The summed E-state index contributed by atoms with van der Waals surface area (Å²) >= 11 is 12.7. The number of nitrogens with one attached hydrogen (secondary N) is 3. The number of carbonyl (C=O) groups excluding carboxylic acids is 2. The number of amides is 2. The molecule has 200 valence electrons. The summed E-state index contributed by atoms with van der Waals surface area (Å²) in [4.78, 5) is 37.9. The van der Waals surface area contributed by atoms with Crippen LogP contribution < -0.4 is 10.6 Å². The molecule has 5 rings (SSSR count). The molecule has 4 aromatic carbocycles. The van der Waals surface area contributed by atoms with Crippen LogP contribution in [0.5, 0.6) is 0 Å². The predicted octanol–water partition coefficient (Wildman–Crippen LogP) is 5.76. The van der Waals surface area contributed by atoms with Crippen molar-refractivity contribution in [3.63, 3.8) is 0 Å². The Kier molecular flexibility index (Phi) is 7.50.